The Hall–Kier alpha value is -1.17. The SMILES string of the molecule is CCCn1ncc(Cl)c1C(O)c1cc(F)c(Cl)cc1F. The molecule has 0 amide bonds. The zero-order valence-corrected chi connectivity index (χ0v) is 12.1. The molecule has 0 aliphatic carbocycles. The van der Waals surface area contributed by atoms with Gasteiger partial charge in [-0.2, -0.15) is 5.10 Å². The maximum atomic E-state index is 13.8. The number of benzene rings is 1. The third kappa shape index (κ3) is 2.80. The van der Waals surface area contributed by atoms with Crippen LogP contribution in [0, 0.1) is 11.6 Å². The topological polar surface area (TPSA) is 38.0 Å². The van der Waals surface area contributed by atoms with Crippen molar-refractivity contribution in [1.29, 1.82) is 0 Å². The summed E-state index contributed by atoms with van der Waals surface area (Å²) < 4.78 is 28.8. The number of aromatic nitrogens is 2. The Kier molecular flexibility index (Phi) is 4.62. The number of aryl methyl sites for hydroxylation is 1. The minimum atomic E-state index is -1.41. The highest BCUT2D eigenvalue weighted by Gasteiger charge is 2.23. The van der Waals surface area contributed by atoms with Gasteiger partial charge < -0.3 is 5.11 Å². The van der Waals surface area contributed by atoms with E-state index in [1.165, 1.54) is 10.9 Å². The second-order valence-corrected chi connectivity index (χ2v) is 5.11. The summed E-state index contributed by atoms with van der Waals surface area (Å²) in [7, 11) is 0. The normalized spacial score (nSPS) is 12.7. The summed E-state index contributed by atoms with van der Waals surface area (Å²) in [6.07, 6.45) is 0.707. The summed E-state index contributed by atoms with van der Waals surface area (Å²) in [5, 5.41) is 14.1. The predicted octanol–water partition coefficient (Wildman–Crippen LogP) is 3.96. The molecule has 1 aromatic carbocycles. The Morgan fingerprint density at radius 1 is 1.25 bits per heavy atom. The zero-order valence-electron chi connectivity index (χ0n) is 10.6. The number of aliphatic hydroxyl groups is 1. The van der Waals surface area contributed by atoms with Crippen LogP contribution in [0.4, 0.5) is 8.78 Å². The van der Waals surface area contributed by atoms with Crippen LogP contribution in [0.1, 0.15) is 30.7 Å². The first-order chi connectivity index (χ1) is 9.45. The van der Waals surface area contributed by atoms with Gasteiger partial charge in [0.25, 0.3) is 0 Å². The molecule has 7 heteroatoms. The minimum absolute atomic E-state index is 0.195. The first-order valence-corrected chi connectivity index (χ1v) is 6.75. The zero-order chi connectivity index (χ0) is 14.9. The molecular weight excluding hydrogens is 309 g/mol. The Morgan fingerprint density at radius 3 is 2.60 bits per heavy atom. The van der Waals surface area contributed by atoms with Crippen molar-refractivity contribution < 1.29 is 13.9 Å². The molecule has 0 fully saturated rings. The van der Waals surface area contributed by atoms with Crippen molar-refractivity contribution in [3.05, 3.63) is 51.3 Å². The summed E-state index contributed by atoms with van der Waals surface area (Å²) in [4.78, 5) is 0. The highest BCUT2D eigenvalue weighted by molar-refractivity contribution is 6.31. The average molecular weight is 321 g/mol. The van der Waals surface area contributed by atoms with E-state index in [9.17, 15) is 13.9 Å². The molecule has 1 unspecified atom stereocenters. The number of hydrogen-bond donors (Lipinski definition) is 1. The van der Waals surface area contributed by atoms with E-state index in [-0.39, 0.29) is 21.3 Å². The molecule has 0 aliphatic heterocycles. The second-order valence-electron chi connectivity index (χ2n) is 4.29. The molecule has 1 atom stereocenters. The maximum Gasteiger partial charge on any atom is 0.142 e. The Bertz CT molecular complexity index is 631. The largest absolute Gasteiger partial charge is 0.382 e. The number of rotatable bonds is 4. The van der Waals surface area contributed by atoms with Gasteiger partial charge >= 0.3 is 0 Å². The van der Waals surface area contributed by atoms with Gasteiger partial charge in [0, 0.05) is 12.1 Å². The molecule has 0 radical (unpaired) electrons. The van der Waals surface area contributed by atoms with Gasteiger partial charge in [-0.25, -0.2) is 8.78 Å². The molecule has 0 aliphatic rings. The van der Waals surface area contributed by atoms with Crippen molar-refractivity contribution in [2.45, 2.75) is 26.0 Å². The summed E-state index contributed by atoms with van der Waals surface area (Å²) in [6.45, 7) is 2.44. The Balaban J connectivity index is 2.48. The smallest absolute Gasteiger partial charge is 0.142 e. The van der Waals surface area contributed by atoms with E-state index in [2.05, 4.69) is 5.10 Å². The lowest BCUT2D eigenvalue weighted by molar-refractivity contribution is 0.202. The monoisotopic (exact) mass is 320 g/mol. The molecule has 0 saturated heterocycles. The molecule has 0 saturated carbocycles. The van der Waals surface area contributed by atoms with Crippen LogP contribution in [0.5, 0.6) is 0 Å². The lowest BCUT2D eigenvalue weighted by Gasteiger charge is -2.15. The average Bonchev–Trinajstić information content (AvgIpc) is 2.75. The standard InChI is InChI=1S/C13H12Cl2F2N2O/c1-2-3-19-12(9(15)6-18-19)13(20)7-4-11(17)8(14)5-10(7)16/h4-6,13,20H,2-3H2,1H3. The van der Waals surface area contributed by atoms with Crippen molar-refractivity contribution in [3.63, 3.8) is 0 Å². The third-order valence-corrected chi connectivity index (χ3v) is 3.44. The van der Waals surface area contributed by atoms with Crippen LogP contribution in [0.25, 0.3) is 0 Å². The molecule has 1 heterocycles. The highest BCUT2D eigenvalue weighted by Crippen LogP contribution is 2.31. The van der Waals surface area contributed by atoms with Gasteiger partial charge in [0.05, 0.1) is 21.9 Å². The molecule has 0 bridgehead atoms. The van der Waals surface area contributed by atoms with Crippen LogP contribution < -0.4 is 0 Å². The molecular formula is C13H12Cl2F2N2O. The Labute approximate surface area is 124 Å². The van der Waals surface area contributed by atoms with E-state index in [0.29, 0.717) is 6.54 Å². The van der Waals surface area contributed by atoms with Crippen LogP contribution >= 0.6 is 23.2 Å². The fourth-order valence-electron chi connectivity index (χ4n) is 1.93. The first-order valence-electron chi connectivity index (χ1n) is 5.99. The van der Waals surface area contributed by atoms with Gasteiger partial charge in [-0.05, 0) is 18.6 Å². The van der Waals surface area contributed by atoms with E-state index in [0.717, 1.165) is 18.6 Å². The van der Waals surface area contributed by atoms with Crippen molar-refractivity contribution in [2.75, 3.05) is 0 Å². The summed E-state index contributed by atoms with van der Waals surface area (Å²) >= 11 is 11.5. The maximum absolute atomic E-state index is 13.8. The summed E-state index contributed by atoms with van der Waals surface area (Å²) in [6, 6.07) is 1.69. The fraction of sp³-hybridized carbons (Fsp3) is 0.308. The van der Waals surface area contributed by atoms with E-state index in [1.54, 1.807) is 0 Å². The van der Waals surface area contributed by atoms with Gasteiger partial charge in [-0.1, -0.05) is 30.1 Å². The van der Waals surface area contributed by atoms with Gasteiger partial charge in [0.1, 0.15) is 17.7 Å². The number of aliphatic hydroxyl groups excluding tert-OH is 1. The van der Waals surface area contributed by atoms with Gasteiger partial charge in [-0.15, -0.1) is 0 Å². The first kappa shape index (κ1) is 15.2. The number of halogens is 4. The number of nitrogens with zero attached hydrogens (tertiary/aromatic N) is 2. The van der Waals surface area contributed by atoms with Gasteiger partial charge in [0.2, 0.25) is 0 Å². The van der Waals surface area contributed by atoms with Crippen molar-refractivity contribution in [1.82, 2.24) is 9.78 Å². The van der Waals surface area contributed by atoms with Crippen molar-refractivity contribution >= 4 is 23.2 Å². The number of hydrogen-bond acceptors (Lipinski definition) is 2. The van der Waals surface area contributed by atoms with Gasteiger partial charge in [-0.3, -0.25) is 4.68 Å². The van der Waals surface area contributed by atoms with E-state index >= 15 is 0 Å². The van der Waals surface area contributed by atoms with Crippen LogP contribution in [0.15, 0.2) is 18.3 Å². The Morgan fingerprint density at radius 2 is 1.95 bits per heavy atom. The molecule has 1 aromatic heterocycles. The molecule has 108 valence electrons. The fourth-order valence-corrected chi connectivity index (χ4v) is 2.32. The lowest BCUT2D eigenvalue weighted by atomic mass is 10.1. The second kappa shape index (κ2) is 6.08. The van der Waals surface area contributed by atoms with Crippen molar-refractivity contribution in [3.8, 4) is 0 Å². The molecule has 2 aromatic rings. The van der Waals surface area contributed by atoms with Crippen molar-refractivity contribution in [2.24, 2.45) is 0 Å². The van der Waals surface area contributed by atoms with Crippen LogP contribution in [-0.4, -0.2) is 14.9 Å². The van der Waals surface area contributed by atoms with Crippen LogP contribution in [0.2, 0.25) is 10.0 Å². The quantitative estimate of drug-likeness (QED) is 0.866. The van der Waals surface area contributed by atoms with E-state index in [4.69, 9.17) is 23.2 Å². The minimum Gasteiger partial charge on any atom is -0.382 e. The van der Waals surface area contributed by atoms with Gasteiger partial charge in [0.15, 0.2) is 0 Å². The highest BCUT2D eigenvalue weighted by atomic mass is 35.5. The predicted molar refractivity (Wildman–Crippen MR) is 73.0 cm³/mol. The van der Waals surface area contributed by atoms with E-state index < -0.39 is 17.7 Å². The molecule has 0 spiro atoms. The van der Waals surface area contributed by atoms with Crippen LogP contribution in [0.3, 0.4) is 0 Å². The summed E-state index contributed by atoms with van der Waals surface area (Å²) in [5.74, 6) is -1.61. The molecule has 3 nitrogen and oxygen atoms in total. The molecule has 2 rings (SSSR count). The third-order valence-electron chi connectivity index (χ3n) is 2.86. The molecule has 1 N–H and O–H groups in total. The molecule has 20 heavy (non-hydrogen) atoms. The van der Waals surface area contributed by atoms with E-state index in [1.807, 2.05) is 6.92 Å². The summed E-state index contributed by atoms with van der Waals surface area (Å²) in [5.41, 5.74) is 0.000733. The lowest BCUT2D eigenvalue weighted by Crippen LogP contribution is -2.12. The van der Waals surface area contributed by atoms with Crippen LogP contribution in [-0.2, 0) is 6.54 Å².